The number of hydrogen-bond acceptors (Lipinski definition) is 4. The van der Waals surface area contributed by atoms with Crippen molar-refractivity contribution < 1.29 is 19.1 Å². The third-order valence-electron chi connectivity index (χ3n) is 2.92. The van der Waals surface area contributed by atoms with E-state index in [4.69, 9.17) is 4.74 Å². The highest BCUT2D eigenvalue weighted by molar-refractivity contribution is 5.97. The number of ether oxygens (including phenoxy) is 1. The van der Waals surface area contributed by atoms with Crippen molar-refractivity contribution in [1.82, 2.24) is 15.1 Å². The Balaban J connectivity index is 2.35. The summed E-state index contributed by atoms with van der Waals surface area (Å²) in [7, 11) is 0. The van der Waals surface area contributed by atoms with Crippen molar-refractivity contribution in [3.8, 4) is 0 Å². The van der Waals surface area contributed by atoms with Crippen LogP contribution in [0.5, 0.6) is 0 Å². The van der Waals surface area contributed by atoms with Gasteiger partial charge < -0.3 is 19.9 Å². The van der Waals surface area contributed by atoms with E-state index in [1.807, 2.05) is 13.8 Å². The summed E-state index contributed by atoms with van der Waals surface area (Å²) in [6, 6.07) is 0.0240. The summed E-state index contributed by atoms with van der Waals surface area (Å²) in [4.78, 5) is 38.1. The van der Waals surface area contributed by atoms with E-state index in [-0.39, 0.29) is 30.4 Å². The van der Waals surface area contributed by atoms with Gasteiger partial charge in [-0.25, -0.2) is 4.79 Å². The molecule has 0 unspecified atom stereocenters. The predicted molar refractivity (Wildman–Crippen MR) is 73.1 cm³/mol. The fraction of sp³-hybridized carbons (Fsp3) is 0.769. The average Bonchev–Trinajstić information content (AvgIpc) is 2.38. The standard InChI is InChI=1S/C13H23N3O4/c1-4-20-13(19)16-7-5-15(6-8-16)12(18)9-11(17)14-10(2)3/h10H,4-9H2,1-3H3,(H,14,17). The van der Waals surface area contributed by atoms with Gasteiger partial charge in [-0.2, -0.15) is 0 Å². The minimum atomic E-state index is -0.350. The molecule has 7 nitrogen and oxygen atoms in total. The first kappa shape index (κ1) is 16.3. The first-order valence-electron chi connectivity index (χ1n) is 6.92. The van der Waals surface area contributed by atoms with Gasteiger partial charge in [0.05, 0.1) is 6.61 Å². The van der Waals surface area contributed by atoms with E-state index in [0.29, 0.717) is 32.8 Å². The van der Waals surface area contributed by atoms with Crippen LogP contribution < -0.4 is 5.32 Å². The first-order valence-corrected chi connectivity index (χ1v) is 6.92. The zero-order chi connectivity index (χ0) is 15.1. The van der Waals surface area contributed by atoms with Crippen molar-refractivity contribution >= 4 is 17.9 Å². The molecule has 1 fully saturated rings. The maximum absolute atomic E-state index is 11.9. The van der Waals surface area contributed by atoms with Gasteiger partial charge in [0.25, 0.3) is 0 Å². The molecule has 1 N–H and O–H groups in total. The summed E-state index contributed by atoms with van der Waals surface area (Å²) in [5, 5.41) is 2.69. The maximum Gasteiger partial charge on any atom is 0.409 e. The van der Waals surface area contributed by atoms with Crippen LogP contribution in [0.15, 0.2) is 0 Å². The van der Waals surface area contributed by atoms with Crippen LogP contribution in [0.25, 0.3) is 0 Å². The van der Waals surface area contributed by atoms with E-state index in [9.17, 15) is 14.4 Å². The van der Waals surface area contributed by atoms with Crippen LogP contribution in [-0.2, 0) is 14.3 Å². The van der Waals surface area contributed by atoms with Crippen LogP contribution in [0.4, 0.5) is 4.79 Å². The number of carbonyl (C=O) groups excluding carboxylic acids is 3. The summed E-state index contributed by atoms with van der Waals surface area (Å²) in [5.74, 6) is -0.468. The molecule has 0 aromatic rings. The zero-order valence-corrected chi connectivity index (χ0v) is 12.3. The van der Waals surface area contributed by atoms with E-state index >= 15 is 0 Å². The van der Waals surface area contributed by atoms with Crippen molar-refractivity contribution in [1.29, 1.82) is 0 Å². The number of piperazine rings is 1. The minimum absolute atomic E-state index is 0.0240. The molecule has 0 atom stereocenters. The normalized spacial score (nSPS) is 15.2. The second-order valence-corrected chi connectivity index (χ2v) is 4.97. The molecule has 0 aromatic carbocycles. The fourth-order valence-corrected chi connectivity index (χ4v) is 1.98. The van der Waals surface area contributed by atoms with Crippen molar-refractivity contribution in [3.05, 3.63) is 0 Å². The van der Waals surface area contributed by atoms with E-state index in [1.54, 1.807) is 16.7 Å². The van der Waals surface area contributed by atoms with Crippen LogP contribution in [-0.4, -0.2) is 66.5 Å². The van der Waals surface area contributed by atoms with Gasteiger partial charge in [-0.05, 0) is 20.8 Å². The molecular weight excluding hydrogens is 262 g/mol. The Morgan fingerprint density at radius 1 is 1.10 bits per heavy atom. The number of amides is 3. The lowest BCUT2D eigenvalue weighted by Crippen LogP contribution is -2.51. The molecule has 0 radical (unpaired) electrons. The third-order valence-corrected chi connectivity index (χ3v) is 2.92. The van der Waals surface area contributed by atoms with Crippen molar-refractivity contribution in [2.75, 3.05) is 32.8 Å². The Labute approximate surface area is 119 Å². The molecular formula is C13H23N3O4. The first-order chi connectivity index (χ1) is 9.43. The lowest BCUT2D eigenvalue weighted by Gasteiger charge is -2.34. The van der Waals surface area contributed by atoms with Crippen LogP contribution in [0.2, 0.25) is 0 Å². The SMILES string of the molecule is CCOC(=O)N1CCN(C(=O)CC(=O)NC(C)C)CC1. The van der Waals surface area contributed by atoms with Gasteiger partial charge >= 0.3 is 6.09 Å². The predicted octanol–water partition coefficient (Wildman–Crippen LogP) is 0.202. The Hall–Kier alpha value is -1.79. The van der Waals surface area contributed by atoms with Gasteiger partial charge in [0.2, 0.25) is 11.8 Å². The maximum atomic E-state index is 11.9. The third kappa shape index (κ3) is 5.07. The molecule has 3 amide bonds. The number of nitrogens with zero attached hydrogens (tertiary/aromatic N) is 2. The summed E-state index contributed by atoms with van der Waals surface area (Å²) in [5.41, 5.74) is 0. The van der Waals surface area contributed by atoms with Crippen molar-refractivity contribution in [3.63, 3.8) is 0 Å². The van der Waals surface area contributed by atoms with Gasteiger partial charge in [0.1, 0.15) is 6.42 Å². The van der Waals surface area contributed by atoms with E-state index in [1.165, 1.54) is 0 Å². The smallest absolute Gasteiger partial charge is 0.409 e. The molecule has 1 heterocycles. The molecule has 7 heteroatoms. The average molecular weight is 285 g/mol. The highest BCUT2D eigenvalue weighted by Gasteiger charge is 2.25. The van der Waals surface area contributed by atoms with E-state index in [0.717, 1.165) is 0 Å². The highest BCUT2D eigenvalue weighted by Crippen LogP contribution is 2.05. The van der Waals surface area contributed by atoms with Crippen LogP contribution in [0, 0.1) is 0 Å². The van der Waals surface area contributed by atoms with E-state index < -0.39 is 0 Å². The molecule has 0 saturated carbocycles. The summed E-state index contributed by atoms with van der Waals surface area (Å²) in [6.45, 7) is 7.55. The van der Waals surface area contributed by atoms with Gasteiger partial charge in [-0.3, -0.25) is 9.59 Å². The monoisotopic (exact) mass is 285 g/mol. The molecule has 1 saturated heterocycles. The molecule has 0 bridgehead atoms. The van der Waals surface area contributed by atoms with Crippen LogP contribution in [0.3, 0.4) is 0 Å². The summed E-state index contributed by atoms with van der Waals surface area (Å²) < 4.78 is 4.90. The van der Waals surface area contributed by atoms with Gasteiger partial charge in [-0.15, -0.1) is 0 Å². The molecule has 0 spiro atoms. The summed E-state index contributed by atoms with van der Waals surface area (Å²) >= 11 is 0. The zero-order valence-electron chi connectivity index (χ0n) is 12.3. The Morgan fingerprint density at radius 2 is 1.65 bits per heavy atom. The highest BCUT2D eigenvalue weighted by atomic mass is 16.6. The van der Waals surface area contributed by atoms with Gasteiger partial charge in [0, 0.05) is 32.2 Å². The molecule has 0 aliphatic carbocycles. The van der Waals surface area contributed by atoms with Gasteiger partial charge in [0.15, 0.2) is 0 Å². The number of rotatable bonds is 4. The fourth-order valence-electron chi connectivity index (χ4n) is 1.98. The Bertz CT molecular complexity index is 363. The second-order valence-electron chi connectivity index (χ2n) is 4.97. The molecule has 20 heavy (non-hydrogen) atoms. The molecule has 1 aliphatic rings. The Morgan fingerprint density at radius 3 is 2.15 bits per heavy atom. The molecule has 1 rings (SSSR count). The summed E-state index contributed by atoms with van der Waals surface area (Å²) in [6.07, 6.45) is -0.491. The Kier molecular flexibility index (Phi) is 6.27. The number of nitrogens with one attached hydrogen (secondary N) is 1. The van der Waals surface area contributed by atoms with Crippen LogP contribution in [0.1, 0.15) is 27.2 Å². The number of hydrogen-bond donors (Lipinski definition) is 1. The van der Waals surface area contributed by atoms with E-state index in [2.05, 4.69) is 5.32 Å². The minimum Gasteiger partial charge on any atom is -0.450 e. The van der Waals surface area contributed by atoms with Gasteiger partial charge in [-0.1, -0.05) is 0 Å². The lowest BCUT2D eigenvalue weighted by atomic mass is 10.2. The largest absolute Gasteiger partial charge is 0.450 e. The number of carbonyl (C=O) groups is 3. The van der Waals surface area contributed by atoms with Crippen LogP contribution >= 0.6 is 0 Å². The molecule has 1 aliphatic heterocycles. The second kappa shape index (κ2) is 7.72. The molecule has 114 valence electrons. The quantitative estimate of drug-likeness (QED) is 0.749. The topological polar surface area (TPSA) is 79.0 Å². The lowest BCUT2D eigenvalue weighted by molar-refractivity contribution is -0.137. The van der Waals surface area contributed by atoms with Crippen molar-refractivity contribution in [2.45, 2.75) is 33.2 Å². The van der Waals surface area contributed by atoms with Crippen molar-refractivity contribution in [2.24, 2.45) is 0 Å². The molecule has 0 aromatic heterocycles.